The number of nitrogens with zero attached hydrogens (tertiary/aromatic N) is 1. The van der Waals surface area contributed by atoms with Crippen molar-refractivity contribution in [3.63, 3.8) is 0 Å². The van der Waals surface area contributed by atoms with Crippen LogP contribution in [0.4, 0.5) is 0 Å². The summed E-state index contributed by atoms with van der Waals surface area (Å²) >= 11 is 5.18. The fourth-order valence-electron chi connectivity index (χ4n) is 2.38. The van der Waals surface area contributed by atoms with Gasteiger partial charge in [0.1, 0.15) is 4.64 Å². The molecule has 1 N–H and O–H groups in total. The molecule has 1 atom stereocenters. The Morgan fingerprint density at radius 3 is 3.00 bits per heavy atom. The van der Waals surface area contributed by atoms with E-state index in [2.05, 4.69) is 4.98 Å². The summed E-state index contributed by atoms with van der Waals surface area (Å²) in [5, 5.41) is 0. The van der Waals surface area contributed by atoms with E-state index in [0.717, 1.165) is 30.5 Å². The van der Waals surface area contributed by atoms with Crippen molar-refractivity contribution in [3.8, 4) is 0 Å². The molecule has 0 aromatic carbocycles. The molecule has 5 heteroatoms. The van der Waals surface area contributed by atoms with Crippen LogP contribution in [-0.4, -0.2) is 23.3 Å². The van der Waals surface area contributed by atoms with Crippen molar-refractivity contribution in [1.29, 1.82) is 0 Å². The third kappa shape index (κ3) is 1.85. The van der Waals surface area contributed by atoms with Crippen molar-refractivity contribution >= 4 is 12.2 Å². The summed E-state index contributed by atoms with van der Waals surface area (Å²) in [6, 6.07) is 0.0520. The molecule has 16 heavy (non-hydrogen) atoms. The average molecular weight is 240 g/mol. The number of fused-ring (bicyclic) bond motifs is 1. The topological polar surface area (TPSA) is 47.0 Å². The number of hydrogen-bond acceptors (Lipinski definition) is 3. The maximum absolute atomic E-state index is 11.9. The second-order valence-electron chi connectivity index (χ2n) is 4.21. The lowest BCUT2D eigenvalue weighted by Gasteiger charge is -2.18. The van der Waals surface area contributed by atoms with Gasteiger partial charge in [-0.25, -0.2) is 4.79 Å². The second kappa shape index (κ2) is 4.51. The quantitative estimate of drug-likeness (QED) is 0.816. The molecule has 0 spiro atoms. The predicted molar refractivity (Wildman–Crippen MR) is 64.5 cm³/mol. The summed E-state index contributed by atoms with van der Waals surface area (Å²) in [4.78, 5) is 14.6. The van der Waals surface area contributed by atoms with E-state index in [1.54, 1.807) is 11.7 Å². The van der Waals surface area contributed by atoms with Crippen LogP contribution in [0.1, 0.15) is 30.6 Å². The second-order valence-corrected chi connectivity index (χ2v) is 4.62. The van der Waals surface area contributed by atoms with Gasteiger partial charge in [0.25, 0.3) is 0 Å². The summed E-state index contributed by atoms with van der Waals surface area (Å²) < 4.78 is 7.51. The zero-order valence-electron chi connectivity index (χ0n) is 9.58. The minimum absolute atomic E-state index is 0.0520. The van der Waals surface area contributed by atoms with Crippen molar-refractivity contribution in [2.45, 2.75) is 32.2 Å². The molecular weight excluding hydrogens is 224 g/mol. The number of H-pyrrole nitrogens is 1. The molecule has 0 fully saturated rings. The van der Waals surface area contributed by atoms with Gasteiger partial charge in [-0.05, 0) is 26.2 Å². The van der Waals surface area contributed by atoms with Crippen molar-refractivity contribution in [2.24, 2.45) is 0 Å². The highest BCUT2D eigenvalue weighted by Crippen LogP contribution is 2.22. The number of methoxy groups -OCH3 is 1. The van der Waals surface area contributed by atoms with Gasteiger partial charge in [-0.2, -0.15) is 0 Å². The Hall–Kier alpha value is -0.940. The van der Waals surface area contributed by atoms with Crippen LogP contribution in [-0.2, 0) is 17.6 Å². The zero-order valence-corrected chi connectivity index (χ0v) is 10.4. The molecule has 1 heterocycles. The Bertz CT molecular complexity index is 504. The van der Waals surface area contributed by atoms with Crippen LogP contribution in [0, 0.1) is 4.64 Å². The molecule has 0 amide bonds. The first kappa shape index (κ1) is 11.5. The molecule has 2 rings (SSSR count). The van der Waals surface area contributed by atoms with Crippen LogP contribution in [0.15, 0.2) is 4.79 Å². The van der Waals surface area contributed by atoms with Crippen molar-refractivity contribution in [1.82, 2.24) is 9.55 Å². The molecule has 1 aromatic rings. The van der Waals surface area contributed by atoms with E-state index < -0.39 is 0 Å². The van der Waals surface area contributed by atoms with Gasteiger partial charge in [-0.3, -0.25) is 9.55 Å². The highest BCUT2D eigenvalue weighted by molar-refractivity contribution is 7.71. The van der Waals surface area contributed by atoms with Crippen LogP contribution >= 0.6 is 12.2 Å². The number of ether oxygens (including phenoxy) is 1. The molecule has 0 bridgehead atoms. The number of nitrogens with one attached hydrogen (secondary N) is 1. The first-order valence-corrected chi connectivity index (χ1v) is 5.91. The van der Waals surface area contributed by atoms with Crippen LogP contribution in [0.5, 0.6) is 0 Å². The van der Waals surface area contributed by atoms with Crippen LogP contribution in [0.3, 0.4) is 0 Å². The number of aromatic amines is 1. The van der Waals surface area contributed by atoms with Gasteiger partial charge in [-0.15, -0.1) is 0 Å². The summed E-state index contributed by atoms with van der Waals surface area (Å²) in [5.41, 5.74) is 2.12. The molecule has 1 unspecified atom stereocenters. The van der Waals surface area contributed by atoms with Gasteiger partial charge in [0, 0.05) is 18.4 Å². The third-order valence-electron chi connectivity index (χ3n) is 3.04. The zero-order chi connectivity index (χ0) is 11.7. The third-order valence-corrected chi connectivity index (χ3v) is 3.39. The predicted octanol–water partition coefficient (Wildman–Crippen LogP) is 1.60. The highest BCUT2D eigenvalue weighted by atomic mass is 32.1. The number of rotatable bonds is 3. The molecule has 0 radical (unpaired) electrons. The van der Waals surface area contributed by atoms with Gasteiger partial charge in [-0.1, -0.05) is 12.2 Å². The maximum atomic E-state index is 11.9. The highest BCUT2D eigenvalue weighted by Gasteiger charge is 2.20. The van der Waals surface area contributed by atoms with Crippen LogP contribution < -0.4 is 5.69 Å². The number of aromatic nitrogens is 2. The van der Waals surface area contributed by atoms with Crippen molar-refractivity contribution in [2.75, 3.05) is 13.7 Å². The molecule has 0 saturated heterocycles. The molecule has 0 aliphatic heterocycles. The van der Waals surface area contributed by atoms with Gasteiger partial charge in [0.15, 0.2) is 0 Å². The first-order valence-electron chi connectivity index (χ1n) is 5.50. The fraction of sp³-hybridized carbons (Fsp3) is 0.636. The van der Waals surface area contributed by atoms with E-state index >= 15 is 0 Å². The van der Waals surface area contributed by atoms with Crippen molar-refractivity contribution < 1.29 is 4.74 Å². The monoisotopic (exact) mass is 240 g/mol. The van der Waals surface area contributed by atoms with Gasteiger partial charge in [0.05, 0.1) is 12.6 Å². The van der Waals surface area contributed by atoms with E-state index in [1.165, 1.54) is 0 Å². The molecule has 1 aromatic heterocycles. The summed E-state index contributed by atoms with van der Waals surface area (Å²) in [7, 11) is 1.65. The first-order chi connectivity index (χ1) is 7.65. The normalized spacial score (nSPS) is 16.1. The minimum atomic E-state index is -0.116. The summed E-state index contributed by atoms with van der Waals surface area (Å²) in [6.07, 6.45) is 3.00. The van der Waals surface area contributed by atoms with E-state index in [9.17, 15) is 4.79 Å². The molecule has 1 aliphatic carbocycles. The van der Waals surface area contributed by atoms with Crippen LogP contribution in [0.25, 0.3) is 0 Å². The standard InChI is InChI=1S/C11H16N2O2S/c1-7(6-15-2)13-9-5-3-4-8(9)10(16)12-11(13)14/h7H,3-6H2,1-2H3,(H,12,14,16). The lowest BCUT2D eigenvalue weighted by molar-refractivity contribution is 0.159. The summed E-state index contributed by atoms with van der Waals surface area (Å²) in [6.45, 7) is 2.53. The molecular formula is C11H16N2O2S. The Morgan fingerprint density at radius 1 is 1.56 bits per heavy atom. The average Bonchev–Trinajstić information content (AvgIpc) is 2.66. The van der Waals surface area contributed by atoms with E-state index in [4.69, 9.17) is 17.0 Å². The largest absolute Gasteiger partial charge is 0.383 e. The Kier molecular flexibility index (Phi) is 3.25. The Morgan fingerprint density at radius 2 is 2.31 bits per heavy atom. The molecule has 4 nitrogen and oxygen atoms in total. The van der Waals surface area contributed by atoms with E-state index in [0.29, 0.717) is 11.2 Å². The smallest absolute Gasteiger partial charge is 0.327 e. The lowest BCUT2D eigenvalue weighted by Crippen LogP contribution is -2.31. The van der Waals surface area contributed by atoms with Gasteiger partial charge < -0.3 is 4.74 Å². The van der Waals surface area contributed by atoms with E-state index in [-0.39, 0.29) is 11.7 Å². The SMILES string of the molecule is COCC(C)n1c2c(c(=S)[nH]c1=O)CCC2. The molecule has 88 valence electrons. The Balaban J connectivity index is 2.57. The lowest BCUT2D eigenvalue weighted by atomic mass is 10.2. The fourth-order valence-corrected chi connectivity index (χ4v) is 2.68. The number of hydrogen-bond donors (Lipinski definition) is 1. The minimum Gasteiger partial charge on any atom is -0.383 e. The summed E-state index contributed by atoms with van der Waals surface area (Å²) in [5.74, 6) is 0. The Labute approximate surface area is 99.3 Å². The van der Waals surface area contributed by atoms with Crippen molar-refractivity contribution in [3.05, 3.63) is 26.4 Å². The maximum Gasteiger partial charge on any atom is 0.327 e. The van der Waals surface area contributed by atoms with E-state index in [1.807, 2.05) is 6.92 Å². The van der Waals surface area contributed by atoms with Crippen LogP contribution in [0.2, 0.25) is 0 Å². The molecule has 0 saturated carbocycles. The van der Waals surface area contributed by atoms with Gasteiger partial charge >= 0.3 is 5.69 Å². The molecule has 1 aliphatic rings. The van der Waals surface area contributed by atoms with Gasteiger partial charge in [0.2, 0.25) is 0 Å².